The van der Waals surface area contributed by atoms with Gasteiger partial charge in [0.05, 0.1) is 35.8 Å². The Balaban J connectivity index is 1.16. The molecule has 1 aromatic heterocycles. The number of ether oxygens (including phenoxy) is 2. The molecule has 9 nitrogen and oxygen atoms in total. The molecule has 0 radical (unpaired) electrons. The second-order valence-electron chi connectivity index (χ2n) is 11.9. The zero-order valence-electron chi connectivity index (χ0n) is 23.2. The quantitative estimate of drug-likeness (QED) is 0.412. The Morgan fingerprint density at radius 3 is 2.52 bits per heavy atom. The summed E-state index contributed by atoms with van der Waals surface area (Å²) in [5.41, 5.74) is 1.14. The average molecular weight is 656 g/mol. The molecule has 2 aliphatic carbocycles. The molecule has 1 N–H and O–H groups in total. The number of thioether (sulfide) groups is 1. The van der Waals surface area contributed by atoms with Gasteiger partial charge in [0.15, 0.2) is 6.61 Å². The number of aromatic amines is 1. The number of hydrogen-bond donors (Lipinski definition) is 1. The number of rotatable bonds is 5. The summed E-state index contributed by atoms with van der Waals surface area (Å²) in [7, 11) is 0. The van der Waals surface area contributed by atoms with Crippen molar-refractivity contribution in [2.45, 2.75) is 22.6 Å². The van der Waals surface area contributed by atoms with Crippen LogP contribution in [0.15, 0.2) is 52.3 Å². The number of aromatic nitrogens is 1. The third-order valence-electron chi connectivity index (χ3n) is 9.83. The monoisotopic (exact) mass is 655 g/mol. The highest BCUT2D eigenvalue weighted by molar-refractivity contribution is 8.00. The van der Waals surface area contributed by atoms with Gasteiger partial charge in [0, 0.05) is 39.7 Å². The maximum absolute atomic E-state index is 13.9. The van der Waals surface area contributed by atoms with E-state index >= 15 is 0 Å². The highest BCUT2D eigenvalue weighted by Crippen LogP contribution is 2.69. The Morgan fingerprint density at radius 2 is 1.77 bits per heavy atom. The van der Waals surface area contributed by atoms with Gasteiger partial charge in [-0.1, -0.05) is 22.9 Å². The first-order valence-corrected chi connectivity index (χ1v) is 16.7. The molecule has 228 valence electrons. The molecule has 2 saturated carbocycles. The van der Waals surface area contributed by atoms with Crippen LogP contribution in [0.2, 0.25) is 5.02 Å². The minimum Gasteiger partial charge on any atom is -0.483 e. The molecule has 8 rings (SSSR count). The number of nitrogens with one attached hydrogen (secondary N) is 1. The standard InChI is InChI=1S/C31H27ClFN3O6S2/c32-14-1-6-20(42-13-21(37)35-7-9-41-10-8-35)17(11-14)22-23-18-12-19(26(23)43-28-27(22)44-31(40)34-28)25-24(18)29(38)36(30(25)39)16-4-2-15(33)3-5-16/h1-6,11,18-19,22-26H,7-10,12-13H2,(H,34,40)/t18-,19-,22-,23?,24?,25?,26?/m1/s1. The molecule has 3 aromatic rings. The number of thiazole rings is 1. The summed E-state index contributed by atoms with van der Waals surface area (Å²) in [5, 5.41) is 1.22. The lowest BCUT2D eigenvalue weighted by molar-refractivity contribution is -0.137. The highest BCUT2D eigenvalue weighted by atomic mass is 35.5. The van der Waals surface area contributed by atoms with Crippen LogP contribution in [0.3, 0.4) is 0 Å². The van der Waals surface area contributed by atoms with E-state index in [0.717, 1.165) is 26.8 Å². The lowest BCUT2D eigenvalue weighted by atomic mass is 9.68. The van der Waals surface area contributed by atoms with Crippen LogP contribution < -0.4 is 14.5 Å². The summed E-state index contributed by atoms with van der Waals surface area (Å²) >= 11 is 9.28. The van der Waals surface area contributed by atoms with Gasteiger partial charge in [-0.2, -0.15) is 0 Å². The number of halogens is 2. The summed E-state index contributed by atoms with van der Waals surface area (Å²) in [6, 6.07) is 10.7. The fourth-order valence-electron chi connectivity index (χ4n) is 8.15. The van der Waals surface area contributed by atoms with E-state index in [1.807, 2.05) is 6.07 Å². The Labute approximate surface area is 264 Å². The molecule has 4 unspecified atom stereocenters. The summed E-state index contributed by atoms with van der Waals surface area (Å²) < 4.78 is 25.2. The molecular formula is C31H27ClFN3O6S2. The van der Waals surface area contributed by atoms with E-state index in [-0.39, 0.29) is 58.1 Å². The SMILES string of the molecule is O=C(COc1ccc(Cl)cc1[C@H]1c2sc(=O)[nH]c2SC2C1[C@H]1C[C@@H]2C2C(=O)N(c3ccc(F)cc3)C(=O)C21)N1CCOCC1. The third-order valence-corrected chi connectivity index (χ3v) is 12.7. The van der Waals surface area contributed by atoms with Crippen molar-refractivity contribution in [3.8, 4) is 5.75 Å². The van der Waals surface area contributed by atoms with Gasteiger partial charge < -0.3 is 19.4 Å². The largest absolute Gasteiger partial charge is 0.483 e. The van der Waals surface area contributed by atoms with E-state index < -0.39 is 17.7 Å². The molecule has 3 amide bonds. The second kappa shape index (κ2) is 10.7. The number of carbonyl (C=O) groups is 3. The van der Waals surface area contributed by atoms with Gasteiger partial charge in [-0.3, -0.25) is 24.1 Å². The zero-order chi connectivity index (χ0) is 30.3. The van der Waals surface area contributed by atoms with Crippen LogP contribution >= 0.6 is 34.7 Å². The number of hydrogen-bond acceptors (Lipinski definition) is 8. The van der Waals surface area contributed by atoms with Gasteiger partial charge >= 0.3 is 4.87 Å². The lowest BCUT2D eigenvalue weighted by Gasteiger charge is -2.43. The smallest absolute Gasteiger partial charge is 0.305 e. The first-order chi connectivity index (χ1) is 21.3. The Bertz CT molecular complexity index is 1740. The van der Waals surface area contributed by atoms with E-state index in [9.17, 15) is 23.6 Å². The number of carbonyl (C=O) groups excluding carboxylic acids is 3. The topological polar surface area (TPSA) is 109 Å². The van der Waals surface area contributed by atoms with Crippen molar-refractivity contribution >= 4 is 58.1 Å². The Kier molecular flexibility index (Phi) is 6.89. The minimum atomic E-state index is -0.509. The fraction of sp³-hybridized carbons (Fsp3) is 0.419. The maximum atomic E-state index is 13.9. The fourth-order valence-corrected chi connectivity index (χ4v) is 11.2. The molecular weight excluding hydrogens is 629 g/mol. The minimum absolute atomic E-state index is 0.0317. The second-order valence-corrected chi connectivity index (χ2v) is 14.6. The Hall–Kier alpha value is -3.19. The molecule has 5 aliphatic rings. The van der Waals surface area contributed by atoms with Crippen molar-refractivity contribution < 1.29 is 28.2 Å². The van der Waals surface area contributed by atoms with Gasteiger partial charge in [0.25, 0.3) is 5.91 Å². The van der Waals surface area contributed by atoms with Gasteiger partial charge in [-0.25, -0.2) is 4.39 Å². The number of morpholine rings is 1. The Morgan fingerprint density at radius 1 is 1.05 bits per heavy atom. The van der Waals surface area contributed by atoms with Crippen molar-refractivity contribution in [1.82, 2.24) is 9.88 Å². The molecule has 7 atom stereocenters. The average Bonchev–Trinajstić information content (AvgIpc) is 3.76. The van der Waals surface area contributed by atoms with Crippen LogP contribution in [0.25, 0.3) is 0 Å². The normalized spacial score (nSPS) is 30.4. The van der Waals surface area contributed by atoms with Crippen molar-refractivity contribution in [3.05, 3.63) is 73.4 Å². The predicted molar refractivity (Wildman–Crippen MR) is 162 cm³/mol. The van der Waals surface area contributed by atoms with Crippen molar-refractivity contribution in [1.29, 1.82) is 0 Å². The number of anilines is 1. The first kappa shape index (κ1) is 28.3. The van der Waals surface area contributed by atoms with Gasteiger partial charge in [-0.05, 0) is 66.6 Å². The molecule has 2 saturated heterocycles. The van der Waals surface area contributed by atoms with Crippen LogP contribution in [0.4, 0.5) is 10.1 Å². The third kappa shape index (κ3) is 4.36. The number of nitrogens with zero attached hydrogens (tertiary/aromatic N) is 2. The highest BCUT2D eigenvalue weighted by Gasteiger charge is 2.69. The molecule has 2 aromatic carbocycles. The van der Waals surface area contributed by atoms with Crippen molar-refractivity contribution in [2.24, 2.45) is 29.6 Å². The van der Waals surface area contributed by atoms with Crippen LogP contribution in [0.1, 0.15) is 22.8 Å². The van der Waals surface area contributed by atoms with Gasteiger partial charge in [-0.15, -0.1) is 11.8 Å². The lowest BCUT2D eigenvalue weighted by Crippen LogP contribution is -2.43. The zero-order valence-corrected chi connectivity index (χ0v) is 25.6. The number of benzene rings is 2. The molecule has 2 bridgehead atoms. The molecule has 4 fully saturated rings. The molecule has 44 heavy (non-hydrogen) atoms. The maximum Gasteiger partial charge on any atom is 0.305 e. The first-order valence-electron chi connectivity index (χ1n) is 14.6. The summed E-state index contributed by atoms with van der Waals surface area (Å²) in [5.74, 6) is -2.17. The summed E-state index contributed by atoms with van der Waals surface area (Å²) in [4.78, 5) is 60.0. The van der Waals surface area contributed by atoms with E-state index in [2.05, 4.69) is 4.98 Å². The number of amides is 3. The van der Waals surface area contributed by atoms with Crippen LogP contribution in [0, 0.1) is 35.4 Å². The van der Waals surface area contributed by atoms with Crippen molar-refractivity contribution in [2.75, 3.05) is 37.8 Å². The van der Waals surface area contributed by atoms with Crippen LogP contribution in [0.5, 0.6) is 5.75 Å². The van der Waals surface area contributed by atoms with Crippen LogP contribution in [-0.2, 0) is 19.1 Å². The number of imide groups is 1. The van der Waals surface area contributed by atoms with E-state index in [1.165, 1.54) is 29.2 Å². The number of H-pyrrole nitrogens is 1. The van der Waals surface area contributed by atoms with E-state index in [0.29, 0.717) is 49.2 Å². The van der Waals surface area contributed by atoms with Crippen LogP contribution in [-0.4, -0.2) is 65.8 Å². The predicted octanol–water partition coefficient (Wildman–Crippen LogP) is 4.14. The summed E-state index contributed by atoms with van der Waals surface area (Å²) in [6.07, 6.45) is 0.717. The molecule has 4 heterocycles. The number of fused-ring (bicyclic) bond motifs is 9. The van der Waals surface area contributed by atoms with Gasteiger partial charge in [0.1, 0.15) is 11.6 Å². The van der Waals surface area contributed by atoms with E-state index in [1.54, 1.807) is 28.8 Å². The van der Waals surface area contributed by atoms with E-state index in [4.69, 9.17) is 21.1 Å². The summed E-state index contributed by atoms with van der Waals surface area (Å²) in [6.45, 7) is 1.83. The molecule has 13 heteroatoms. The van der Waals surface area contributed by atoms with Crippen molar-refractivity contribution in [3.63, 3.8) is 0 Å². The van der Waals surface area contributed by atoms with Gasteiger partial charge in [0.2, 0.25) is 11.8 Å². The molecule has 0 spiro atoms. The molecule has 3 aliphatic heterocycles.